The van der Waals surface area contributed by atoms with Gasteiger partial charge in [0, 0.05) is 12.3 Å². The smallest absolute Gasteiger partial charge is 0.136 e. The number of carbonyl (C=O) groups excluding carboxylic acids is 1. The Hall–Kier alpha value is -0.330. The molecule has 15 heavy (non-hydrogen) atoms. The van der Waals surface area contributed by atoms with Gasteiger partial charge in [0.25, 0.3) is 0 Å². The minimum atomic E-state index is 0.528. The lowest BCUT2D eigenvalue weighted by Gasteiger charge is -2.20. The van der Waals surface area contributed by atoms with E-state index in [-0.39, 0.29) is 0 Å². The molecule has 0 aromatic rings. The Bertz CT molecular complexity index is 242. The minimum absolute atomic E-state index is 0.528. The van der Waals surface area contributed by atoms with E-state index in [9.17, 15) is 4.79 Å². The van der Waals surface area contributed by atoms with Crippen molar-refractivity contribution < 1.29 is 4.79 Å². The van der Waals surface area contributed by atoms with Gasteiger partial charge in [-0.05, 0) is 30.6 Å². The summed E-state index contributed by atoms with van der Waals surface area (Å²) >= 11 is 0. The predicted molar refractivity (Wildman–Crippen MR) is 60.5 cm³/mol. The molecule has 3 fully saturated rings. The van der Waals surface area contributed by atoms with E-state index in [0.717, 1.165) is 24.2 Å². The van der Waals surface area contributed by atoms with E-state index in [4.69, 9.17) is 0 Å². The molecular formula is C14H22O. The molecule has 3 saturated carbocycles. The van der Waals surface area contributed by atoms with Crippen LogP contribution in [0.1, 0.15) is 57.8 Å². The Morgan fingerprint density at radius 2 is 1.53 bits per heavy atom. The molecule has 3 aliphatic rings. The average Bonchev–Trinajstić information content (AvgIpc) is 2.75. The zero-order valence-electron chi connectivity index (χ0n) is 9.58. The van der Waals surface area contributed by atoms with Crippen molar-refractivity contribution in [2.24, 2.45) is 23.7 Å². The third-order valence-electron chi connectivity index (χ3n) is 4.99. The van der Waals surface area contributed by atoms with Crippen LogP contribution in [-0.2, 0) is 4.79 Å². The first-order valence-corrected chi connectivity index (χ1v) is 6.89. The molecular weight excluding hydrogens is 184 g/mol. The van der Waals surface area contributed by atoms with Gasteiger partial charge in [-0.25, -0.2) is 0 Å². The van der Waals surface area contributed by atoms with Gasteiger partial charge in [-0.1, -0.05) is 38.5 Å². The van der Waals surface area contributed by atoms with Crippen LogP contribution in [0.4, 0.5) is 0 Å². The van der Waals surface area contributed by atoms with E-state index in [2.05, 4.69) is 0 Å². The summed E-state index contributed by atoms with van der Waals surface area (Å²) < 4.78 is 0. The lowest BCUT2D eigenvalue weighted by atomic mass is 9.84. The summed E-state index contributed by atoms with van der Waals surface area (Å²) in [7, 11) is 0. The van der Waals surface area contributed by atoms with Crippen molar-refractivity contribution in [1.82, 2.24) is 0 Å². The summed E-state index contributed by atoms with van der Waals surface area (Å²) in [5.74, 6) is 3.59. The fourth-order valence-corrected chi connectivity index (χ4v) is 4.11. The molecule has 0 aromatic heterocycles. The third kappa shape index (κ3) is 1.86. The van der Waals surface area contributed by atoms with Gasteiger partial charge in [0.05, 0.1) is 0 Å². The van der Waals surface area contributed by atoms with Gasteiger partial charge >= 0.3 is 0 Å². The highest BCUT2D eigenvalue weighted by atomic mass is 16.1. The monoisotopic (exact) mass is 206 g/mol. The Kier molecular flexibility index (Phi) is 2.58. The van der Waals surface area contributed by atoms with Crippen LogP contribution in [0, 0.1) is 23.7 Å². The molecule has 0 amide bonds. The second-order valence-electron chi connectivity index (χ2n) is 5.96. The quantitative estimate of drug-likeness (QED) is 0.690. The molecule has 0 aliphatic heterocycles. The molecule has 1 heteroatoms. The van der Waals surface area contributed by atoms with Crippen molar-refractivity contribution in [3.05, 3.63) is 0 Å². The molecule has 0 N–H and O–H groups in total. The highest BCUT2D eigenvalue weighted by molar-refractivity contribution is 5.84. The fraction of sp³-hybridized carbons (Fsp3) is 0.929. The van der Waals surface area contributed by atoms with Gasteiger partial charge in [0.1, 0.15) is 5.78 Å². The van der Waals surface area contributed by atoms with E-state index in [1.807, 2.05) is 0 Å². The average molecular weight is 206 g/mol. The summed E-state index contributed by atoms with van der Waals surface area (Å²) in [6.45, 7) is 0. The highest BCUT2D eigenvalue weighted by Gasteiger charge is 2.55. The van der Waals surface area contributed by atoms with E-state index in [1.54, 1.807) is 0 Å². The topological polar surface area (TPSA) is 17.1 Å². The Morgan fingerprint density at radius 1 is 0.867 bits per heavy atom. The van der Waals surface area contributed by atoms with Crippen LogP contribution in [-0.4, -0.2) is 5.78 Å². The van der Waals surface area contributed by atoms with Crippen LogP contribution in [0.5, 0.6) is 0 Å². The number of rotatable bonds is 3. The van der Waals surface area contributed by atoms with Crippen molar-refractivity contribution in [3.8, 4) is 0 Å². The second-order valence-corrected chi connectivity index (χ2v) is 5.96. The van der Waals surface area contributed by atoms with Gasteiger partial charge in [-0.3, -0.25) is 4.79 Å². The van der Waals surface area contributed by atoms with Gasteiger partial charge in [-0.2, -0.15) is 0 Å². The molecule has 0 spiro atoms. The third-order valence-corrected chi connectivity index (χ3v) is 4.99. The summed E-state index contributed by atoms with van der Waals surface area (Å²) in [4.78, 5) is 12.1. The number of ketones is 1. The number of hydrogen-bond donors (Lipinski definition) is 0. The van der Waals surface area contributed by atoms with Crippen molar-refractivity contribution >= 4 is 5.78 Å². The van der Waals surface area contributed by atoms with Gasteiger partial charge in [0.15, 0.2) is 0 Å². The molecule has 0 aromatic carbocycles. The fourth-order valence-electron chi connectivity index (χ4n) is 4.11. The zero-order valence-corrected chi connectivity index (χ0v) is 9.58. The number of carbonyl (C=O) groups is 1. The Morgan fingerprint density at radius 3 is 2.20 bits per heavy atom. The molecule has 0 bridgehead atoms. The van der Waals surface area contributed by atoms with E-state index >= 15 is 0 Å². The molecule has 3 rings (SSSR count). The van der Waals surface area contributed by atoms with Gasteiger partial charge < -0.3 is 0 Å². The van der Waals surface area contributed by atoms with E-state index in [1.165, 1.54) is 51.4 Å². The molecule has 2 unspecified atom stereocenters. The molecule has 84 valence electrons. The largest absolute Gasteiger partial charge is 0.299 e. The predicted octanol–water partition coefficient (Wildman–Crippen LogP) is 3.57. The molecule has 0 heterocycles. The van der Waals surface area contributed by atoms with Crippen molar-refractivity contribution in [2.45, 2.75) is 57.8 Å². The standard InChI is InChI=1S/C14H22O/c15-13(9-10-5-2-1-3-6-10)14-11-7-4-8-12(11)14/h10-12,14H,1-9H2. The lowest BCUT2D eigenvalue weighted by molar-refractivity contribution is -0.122. The number of hydrogen-bond acceptors (Lipinski definition) is 1. The van der Waals surface area contributed by atoms with Crippen molar-refractivity contribution in [3.63, 3.8) is 0 Å². The van der Waals surface area contributed by atoms with Crippen molar-refractivity contribution in [1.29, 1.82) is 0 Å². The Labute approximate surface area is 92.6 Å². The summed E-state index contributed by atoms with van der Waals surface area (Å²) in [5.41, 5.74) is 0. The maximum Gasteiger partial charge on any atom is 0.136 e. The van der Waals surface area contributed by atoms with Gasteiger partial charge in [0.2, 0.25) is 0 Å². The van der Waals surface area contributed by atoms with Crippen LogP contribution in [0.3, 0.4) is 0 Å². The first-order valence-electron chi connectivity index (χ1n) is 6.89. The van der Waals surface area contributed by atoms with E-state index in [0.29, 0.717) is 11.7 Å². The maximum atomic E-state index is 12.1. The zero-order chi connectivity index (χ0) is 10.3. The SMILES string of the molecule is O=C(CC1CCCCC1)C1C2CCCC21. The van der Waals surface area contributed by atoms with Crippen LogP contribution >= 0.6 is 0 Å². The maximum absolute atomic E-state index is 12.1. The molecule has 2 atom stereocenters. The highest BCUT2D eigenvalue weighted by Crippen LogP contribution is 2.58. The Balaban J connectivity index is 1.49. The lowest BCUT2D eigenvalue weighted by Crippen LogP contribution is -2.14. The molecule has 0 saturated heterocycles. The number of Topliss-reactive ketones (excluding diaryl/α,β-unsaturated/α-hetero) is 1. The number of fused-ring (bicyclic) bond motifs is 1. The normalized spacial score (nSPS) is 40.1. The second kappa shape index (κ2) is 3.92. The first kappa shape index (κ1) is 9.86. The summed E-state index contributed by atoms with van der Waals surface area (Å²) in [6.07, 6.45) is 11.8. The summed E-state index contributed by atoms with van der Waals surface area (Å²) in [5, 5.41) is 0. The van der Waals surface area contributed by atoms with Crippen LogP contribution < -0.4 is 0 Å². The molecule has 1 nitrogen and oxygen atoms in total. The van der Waals surface area contributed by atoms with Gasteiger partial charge in [-0.15, -0.1) is 0 Å². The first-order chi connectivity index (χ1) is 7.36. The minimum Gasteiger partial charge on any atom is -0.299 e. The van der Waals surface area contributed by atoms with Crippen LogP contribution in [0.25, 0.3) is 0 Å². The van der Waals surface area contributed by atoms with E-state index < -0.39 is 0 Å². The molecule has 0 radical (unpaired) electrons. The van der Waals surface area contributed by atoms with Crippen LogP contribution in [0.2, 0.25) is 0 Å². The van der Waals surface area contributed by atoms with Crippen molar-refractivity contribution in [2.75, 3.05) is 0 Å². The molecule has 3 aliphatic carbocycles. The van der Waals surface area contributed by atoms with Crippen LogP contribution in [0.15, 0.2) is 0 Å². The summed E-state index contributed by atoms with van der Waals surface area (Å²) in [6, 6.07) is 0.